The molecule has 0 aliphatic carbocycles. The Hall–Kier alpha value is -2.64. The number of nitrogens with one attached hydrogen (secondary N) is 2. The van der Waals surface area contributed by atoms with Gasteiger partial charge in [-0.25, -0.2) is 4.39 Å². The number of aryl methyl sites for hydroxylation is 1. The lowest BCUT2D eigenvalue weighted by molar-refractivity contribution is -0.113. The smallest absolute Gasteiger partial charge is 0.234 e. The van der Waals surface area contributed by atoms with Crippen molar-refractivity contribution in [3.05, 3.63) is 76.6 Å². The van der Waals surface area contributed by atoms with Crippen LogP contribution in [0.25, 0.3) is 0 Å². The van der Waals surface area contributed by atoms with Crippen molar-refractivity contribution in [1.29, 1.82) is 0 Å². The number of aromatic nitrogens is 2. The second-order valence-corrected chi connectivity index (χ2v) is 7.47. The maximum Gasteiger partial charge on any atom is 0.234 e. The second-order valence-electron chi connectivity index (χ2n) is 6.04. The molecule has 0 radical (unpaired) electrons. The number of carbonyl (C=O) groups excluding carboxylic acids is 1. The molecule has 28 heavy (non-hydrogen) atoms. The first-order valence-corrected chi connectivity index (χ1v) is 9.87. The van der Waals surface area contributed by atoms with Crippen molar-refractivity contribution in [3.8, 4) is 0 Å². The van der Waals surface area contributed by atoms with Gasteiger partial charge in [0.2, 0.25) is 5.91 Å². The second kappa shape index (κ2) is 9.52. The first kappa shape index (κ1) is 20.1. The third kappa shape index (κ3) is 5.94. The van der Waals surface area contributed by atoms with Gasteiger partial charge >= 0.3 is 0 Å². The Bertz CT molecular complexity index is 951. The molecule has 0 aliphatic rings. The fourth-order valence-corrected chi connectivity index (χ4v) is 3.03. The van der Waals surface area contributed by atoms with Crippen LogP contribution in [0.3, 0.4) is 0 Å². The molecule has 1 heterocycles. The number of rotatable bonds is 7. The number of hydrogen-bond donors (Lipinski definition) is 2. The molecule has 8 heteroatoms. The van der Waals surface area contributed by atoms with E-state index in [9.17, 15) is 9.18 Å². The third-order valence-electron chi connectivity index (χ3n) is 3.83. The van der Waals surface area contributed by atoms with Gasteiger partial charge in [0, 0.05) is 17.3 Å². The minimum atomic E-state index is -0.349. The van der Waals surface area contributed by atoms with E-state index in [1.807, 2.05) is 24.3 Å². The molecule has 1 amide bonds. The minimum absolute atomic E-state index is 0.154. The summed E-state index contributed by atoms with van der Waals surface area (Å²) in [5.74, 6) is 0.207. The first-order valence-electron chi connectivity index (χ1n) is 8.50. The van der Waals surface area contributed by atoms with Crippen LogP contribution in [0.1, 0.15) is 11.1 Å². The van der Waals surface area contributed by atoms with Crippen molar-refractivity contribution in [3.63, 3.8) is 0 Å². The molecular formula is C20H18ClFN4OS. The van der Waals surface area contributed by atoms with Gasteiger partial charge in [0.15, 0.2) is 0 Å². The lowest BCUT2D eigenvalue weighted by Crippen LogP contribution is -2.14. The zero-order valence-corrected chi connectivity index (χ0v) is 16.6. The van der Waals surface area contributed by atoms with E-state index in [0.717, 1.165) is 5.56 Å². The van der Waals surface area contributed by atoms with E-state index < -0.39 is 0 Å². The standard InChI is InChI=1S/C20H18ClFN4OS/c1-13-2-7-16(10-17(13)22)24-19(27)12-28-20-9-8-18(25-26-20)23-11-14-3-5-15(21)6-4-14/h2-10H,11-12H2,1H3,(H,23,25)(H,24,27). The van der Waals surface area contributed by atoms with E-state index in [2.05, 4.69) is 20.8 Å². The van der Waals surface area contributed by atoms with Crippen LogP contribution in [0.4, 0.5) is 15.9 Å². The number of benzene rings is 2. The summed E-state index contributed by atoms with van der Waals surface area (Å²) in [5.41, 5.74) is 2.04. The highest BCUT2D eigenvalue weighted by Crippen LogP contribution is 2.18. The van der Waals surface area contributed by atoms with Crippen LogP contribution in [-0.2, 0) is 11.3 Å². The van der Waals surface area contributed by atoms with Crippen molar-refractivity contribution in [2.24, 2.45) is 0 Å². The Morgan fingerprint density at radius 1 is 1.11 bits per heavy atom. The molecule has 0 atom stereocenters. The maximum absolute atomic E-state index is 13.5. The molecule has 0 aliphatic heterocycles. The van der Waals surface area contributed by atoms with Gasteiger partial charge in [-0.1, -0.05) is 41.6 Å². The van der Waals surface area contributed by atoms with Crippen molar-refractivity contribution >= 4 is 40.8 Å². The number of anilines is 2. The highest BCUT2D eigenvalue weighted by Gasteiger charge is 2.07. The molecule has 0 saturated heterocycles. The van der Waals surface area contributed by atoms with Crippen molar-refractivity contribution in [1.82, 2.24) is 10.2 Å². The highest BCUT2D eigenvalue weighted by atomic mass is 35.5. The average molecular weight is 417 g/mol. The van der Waals surface area contributed by atoms with Gasteiger partial charge in [-0.3, -0.25) is 4.79 Å². The van der Waals surface area contributed by atoms with Crippen molar-refractivity contribution < 1.29 is 9.18 Å². The summed E-state index contributed by atoms with van der Waals surface area (Å²) in [7, 11) is 0. The fraction of sp³-hybridized carbons (Fsp3) is 0.150. The van der Waals surface area contributed by atoms with Gasteiger partial charge in [0.1, 0.15) is 16.7 Å². The van der Waals surface area contributed by atoms with Crippen LogP contribution >= 0.6 is 23.4 Å². The van der Waals surface area contributed by atoms with Gasteiger partial charge < -0.3 is 10.6 Å². The number of nitrogens with zero attached hydrogens (tertiary/aromatic N) is 2. The van der Waals surface area contributed by atoms with E-state index in [1.54, 1.807) is 31.2 Å². The summed E-state index contributed by atoms with van der Waals surface area (Å²) in [6.45, 7) is 2.28. The summed E-state index contributed by atoms with van der Waals surface area (Å²) in [5, 5.41) is 15.4. The minimum Gasteiger partial charge on any atom is -0.365 e. The Labute approximate surface area is 171 Å². The summed E-state index contributed by atoms with van der Waals surface area (Å²) in [4.78, 5) is 12.0. The third-order valence-corrected chi connectivity index (χ3v) is 5.01. The van der Waals surface area contributed by atoms with E-state index >= 15 is 0 Å². The van der Waals surface area contributed by atoms with Crippen LogP contribution in [0.15, 0.2) is 59.6 Å². The van der Waals surface area contributed by atoms with Crippen LogP contribution in [0, 0.1) is 12.7 Å². The Morgan fingerprint density at radius 2 is 1.89 bits per heavy atom. The van der Waals surface area contributed by atoms with Crippen molar-refractivity contribution in [2.45, 2.75) is 18.5 Å². The average Bonchev–Trinajstić information content (AvgIpc) is 2.69. The van der Waals surface area contributed by atoms with Crippen LogP contribution < -0.4 is 10.6 Å². The normalized spacial score (nSPS) is 10.5. The van der Waals surface area contributed by atoms with E-state index in [-0.39, 0.29) is 17.5 Å². The van der Waals surface area contributed by atoms with Gasteiger partial charge in [-0.2, -0.15) is 0 Å². The molecule has 5 nitrogen and oxygen atoms in total. The zero-order chi connectivity index (χ0) is 19.9. The maximum atomic E-state index is 13.5. The van der Waals surface area contributed by atoms with Crippen LogP contribution in [0.5, 0.6) is 0 Å². The van der Waals surface area contributed by atoms with Crippen LogP contribution in [0.2, 0.25) is 5.02 Å². The molecule has 1 aromatic heterocycles. The molecular weight excluding hydrogens is 399 g/mol. The number of carbonyl (C=O) groups is 1. The molecule has 0 bridgehead atoms. The number of hydrogen-bond acceptors (Lipinski definition) is 5. The number of thioether (sulfide) groups is 1. The molecule has 0 saturated carbocycles. The Morgan fingerprint density at radius 3 is 2.57 bits per heavy atom. The number of amides is 1. The molecule has 144 valence electrons. The molecule has 0 spiro atoms. The van der Waals surface area contributed by atoms with Crippen LogP contribution in [-0.4, -0.2) is 21.9 Å². The predicted molar refractivity (Wildman–Crippen MR) is 111 cm³/mol. The summed E-state index contributed by atoms with van der Waals surface area (Å²) in [6, 6.07) is 15.7. The quantitative estimate of drug-likeness (QED) is 0.535. The number of halogens is 2. The highest BCUT2D eigenvalue weighted by molar-refractivity contribution is 7.99. The first-order chi connectivity index (χ1) is 13.5. The monoisotopic (exact) mass is 416 g/mol. The molecule has 3 aromatic rings. The Balaban J connectivity index is 1.46. The van der Waals surface area contributed by atoms with Gasteiger partial charge in [0.05, 0.1) is 5.75 Å². The van der Waals surface area contributed by atoms with E-state index in [0.29, 0.717) is 33.7 Å². The molecule has 0 fully saturated rings. The van der Waals surface area contributed by atoms with E-state index in [4.69, 9.17) is 11.6 Å². The topological polar surface area (TPSA) is 66.9 Å². The SMILES string of the molecule is Cc1ccc(NC(=O)CSc2ccc(NCc3ccc(Cl)cc3)nn2)cc1F. The molecule has 3 rings (SSSR count). The van der Waals surface area contributed by atoms with Gasteiger partial charge in [-0.15, -0.1) is 10.2 Å². The zero-order valence-electron chi connectivity index (χ0n) is 15.1. The largest absolute Gasteiger partial charge is 0.365 e. The molecule has 2 aromatic carbocycles. The van der Waals surface area contributed by atoms with Crippen molar-refractivity contribution in [2.75, 3.05) is 16.4 Å². The predicted octanol–water partition coefficient (Wildman–Crippen LogP) is 4.92. The summed E-state index contributed by atoms with van der Waals surface area (Å²) < 4.78 is 13.5. The Kier molecular flexibility index (Phi) is 6.84. The summed E-state index contributed by atoms with van der Waals surface area (Å²) in [6.07, 6.45) is 0. The van der Waals surface area contributed by atoms with E-state index in [1.165, 1.54) is 17.8 Å². The molecule has 2 N–H and O–H groups in total. The lowest BCUT2D eigenvalue weighted by Gasteiger charge is -2.07. The molecule has 0 unspecified atom stereocenters. The fourth-order valence-electron chi connectivity index (χ4n) is 2.29. The van der Waals surface area contributed by atoms with Gasteiger partial charge in [0.25, 0.3) is 0 Å². The van der Waals surface area contributed by atoms with Gasteiger partial charge in [-0.05, 0) is 54.4 Å². The summed E-state index contributed by atoms with van der Waals surface area (Å²) >= 11 is 7.12. The lowest BCUT2D eigenvalue weighted by atomic mass is 10.2.